The SMILES string of the molecule is CC[C@@H](O)[C@H]1OC[C@H](OC(=O)c2ccccc2)[C@H]1C. The van der Waals surface area contributed by atoms with Crippen LogP contribution >= 0.6 is 0 Å². The molecule has 0 amide bonds. The van der Waals surface area contributed by atoms with E-state index in [1.54, 1.807) is 24.3 Å². The van der Waals surface area contributed by atoms with E-state index in [0.717, 1.165) is 0 Å². The first-order valence-electron chi connectivity index (χ1n) is 6.69. The summed E-state index contributed by atoms with van der Waals surface area (Å²) in [6.45, 7) is 4.20. The molecule has 2 rings (SSSR count). The lowest BCUT2D eigenvalue weighted by molar-refractivity contribution is -0.0176. The number of rotatable bonds is 4. The van der Waals surface area contributed by atoms with Crippen molar-refractivity contribution in [2.45, 2.75) is 38.6 Å². The van der Waals surface area contributed by atoms with Gasteiger partial charge >= 0.3 is 5.97 Å². The Morgan fingerprint density at radius 1 is 1.47 bits per heavy atom. The van der Waals surface area contributed by atoms with E-state index in [1.807, 2.05) is 19.9 Å². The molecule has 1 saturated heterocycles. The molecule has 4 heteroatoms. The van der Waals surface area contributed by atoms with Crippen LogP contribution in [0.2, 0.25) is 0 Å². The fourth-order valence-electron chi connectivity index (χ4n) is 2.34. The molecule has 0 aliphatic carbocycles. The Bertz CT molecular complexity index is 417. The van der Waals surface area contributed by atoms with E-state index in [9.17, 15) is 9.90 Å². The maximum atomic E-state index is 12.0. The third-order valence-corrected chi connectivity index (χ3v) is 3.62. The molecule has 1 fully saturated rings. The molecule has 0 bridgehead atoms. The highest BCUT2D eigenvalue weighted by Crippen LogP contribution is 2.27. The lowest BCUT2D eigenvalue weighted by Crippen LogP contribution is -2.33. The second-order valence-corrected chi connectivity index (χ2v) is 4.94. The van der Waals surface area contributed by atoms with Crippen LogP contribution in [-0.2, 0) is 9.47 Å². The maximum absolute atomic E-state index is 12.0. The van der Waals surface area contributed by atoms with Crippen molar-refractivity contribution in [2.24, 2.45) is 5.92 Å². The molecule has 0 aromatic heterocycles. The summed E-state index contributed by atoms with van der Waals surface area (Å²) in [7, 11) is 0. The van der Waals surface area contributed by atoms with Crippen molar-refractivity contribution >= 4 is 5.97 Å². The van der Waals surface area contributed by atoms with Gasteiger partial charge in [-0.1, -0.05) is 32.0 Å². The van der Waals surface area contributed by atoms with Gasteiger partial charge < -0.3 is 14.6 Å². The molecule has 104 valence electrons. The minimum absolute atomic E-state index is 0.00242. The Balaban J connectivity index is 1.96. The zero-order chi connectivity index (χ0) is 13.8. The number of carbonyl (C=O) groups excluding carboxylic acids is 1. The summed E-state index contributed by atoms with van der Waals surface area (Å²) < 4.78 is 11.0. The molecule has 4 nitrogen and oxygen atoms in total. The van der Waals surface area contributed by atoms with Crippen molar-refractivity contribution in [1.29, 1.82) is 0 Å². The molecule has 1 aliphatic rings. The van der Waals surface area contributed by atoms with E-state index < -0.39 is 6.10 Å². The summed E-state index contributed by atoms with van der Waals surface area (Å²) in [5, 5.41) is 9.83. The monoisotopic (exact) mass is 264 g/mol. The molecule has 1 aromatic rings. The van der Waals surface area contributed by atoms with E-state index >= 15 is 0 Å². The fraction of sp³-hybridized carbons (Fsp3) is 0.533. The predicted molar refractivity (Wildman–Crippen MR) is 70.8 cm³/mol. The van der Waals surface area contributed by atoms with Gasteiger partial charge in [-0.3, -0.25) is 0 Å². The van der Waals surface area contributed by atoms with Gasteiger partial charge in [-0.05, 0) is 18.6 Å². The van der Waals surface area contributed by atoms with E-state index in [2.05, 4.69) is 0 Å². The van der Waals surface area contributed by atoms with Crippen LogP contribution in [0.25, 0.3) is 0 Å². The summed E-state index contributed by atoms with van der Waals surface area (Å²) in [6.07, 6.45) is -0.415. The second kappa shape index (κ2) is 6.17. The number of aliphatic hydroxyl groups excluding tert-OH is 1. The summed E-state index contributed by atoms with van der Waals surface area (Å²) >= 11 is 0. The molecule has 4 atom stereocenters. The third-order valence-electron chi connectivity index (χ3n) is 3.62. The largest absolute Gasteiger partial charge is 0.456 e. The van der Waals surface area contributed by atoms with Crippen molar-refractivity contribution in [3.63, 3.8) is 0 Å². The Hall–Kier alpha value is -1.39. The van der Waals surface area contributed by atoms with Gasteiger partial charge in [0.1, 0.15) is 6.10 Å². The summed E-state index contributed by atoms with van der Waals surface area (Å²) in [5.74, 6) is -0.338. The Morgan fingerprint density at radius 2 is 2.16 bits per heavy atom. The third kappa shape index (κ3) is 3.14. The van der Waals surface area contributed by atoms with Crippen LogP contribution in [-0.4, -0.2) is 36.0 Å². The molecule has 1 aromatic carbocycles. The second-order valence-electron chi connectivity index (χ2n) is 4.94. The topological polar surface area (TPSA) is 55.8 Å². The van der Waals surface area contributed by atoms with Crippen LogP contribution in [0.3, 0.4) is 0 Å². The average molecular weight is 264 g/mol. The van der Waals surface area contributed by atoms with Gasteiger partial charge in [-0.25, -0.2) is 4.79 Å². The normalized spacial score (nSPS) is 28.1. The van der Waals surface area contributed by atoms with Crippen molar-refractivity contribution < 1.29 is 19.4 Å². The molecular formula is C15H20O4. The first kappa shape index (κ1) is 14.0. The van der Waals surface area contributed by atoms with Gasteiger partial charge in [0.05, 0.1) is 24.4 Å². The van der Waals surface area contributed by atoms with Crippen molar-refractivity contribution in [3.8, 4) is 0 Å². The maximum Gasteiger partial charge on any atom is 0.338 e. The van der Waals surface area contributed by atoms with Crippen LogP contribution in [0.4, 0.5) is 0 Å². The molecule has 1 heterocycles. The van der Waals surface area contributed by atoms with Gasteiger partial charge in [0, 0.05) is 5.92 Å². The smallest absolute Gasteiger partial charge is 0.338 e. The van der Waals surface area contributed by atoms with Crippen LogP contribution in [0.1, 0.15) is 30.6 Å². The molecule has 0 saturated carbocycles. The number of esters is 1. The summed E-state index contributed by atoms with van der Waals surface area (Å²) in [6, 6.07) is 8.90. The van der Waals surface area contributed by atoms with Gasteiger partial charge in [0.15, 0.2) is 0 Å². The predicted octanol–water partition coefficient (Wildman–Crippen LogP) is 2.02. The lowest BCUT2D eigenvalue weighted by atomic mass is 9.96. The number of carbonyl (C=O) groups is 1. The van der Waals surface area contributed by atoms with Crippen LogP contribution in [0.15, 0.2) is 30.3 Å². The first-order chi connectivity index (χ1) is 9.13. The number of ether oxygens (including phenoxy) is 2. The summed E-state index contributed by atoms with van der Waals surface area (Å²) in [4.78, 5) is 12.0. The van der Waals surface area contributed by atoms with E-state index in [4.69, 9.17) is 9.47 Å². The molecule has 0 spiro atoms. The molecular weight excluding hydrogens is 244 g/mol. The number of hydrogen-bond acceptors (Lipinski definition) is 4. The summed E-state index contributed by atoms with van der Waals surface area (Å²) in [5.41, 5.74) is 0.536. The fourth-order valence-corrected chi connectivity index (χ4v) is 2.34. The van der Waals surface area contributed by atoms with Crippen molar-refractivity contribution in [2.75, 3.05) is 6.61 Å². The zero-order valence-corrected chi connectivity index (χ0v) is 11.3. The average Bonchev–Trinajstić information content (AvgIpc) is 2.80. The van der Waals surface area contributed by atoms with Crippen molar-refractivity contribution in [3.05, 3.63) is 35.9 Å². The Kier molecular flexibility index (Phi) is 4.56. The lowest BCUT2D eigenvalue weighted by Gasteiger charge is -2.22. The van der Waals surface area contributed by atoms with Crippen molar-refractivity contribution in [1.82, 2.24) is 0 Å². The Morgan fingerprint density at radius 3 is 2.79 bits per heavy atom. The van der Waals surface area contributed by atoms with Gasteiger partial charge in [0.2, 0.25) is 0 Å². The zero-order valence-electron chi connectivity index (χ0n) is 11.3. The number of benzene rings is 1. The quantitative estimate of drug-likeness (QED) is 0.845. The first-order valence-corrected chi connectivity index (χ1v) is 6.69. The highest BCUT2D eigenvalue weighted by Gasteiger charge is 2.39. The molecule has 1 aliphatic heterocycles. The van der Waals surface area contributed by atoms with Crippen LogP contribution in [0, 0.1) is 5.92 Å². The van der Waals surface area contributed by atoms with E-state index in [0.29, 0.717) is 18.6 Å². The molecule has 0 unspecified atom stereocenters. The Labute approximate surface area is 113 Å². The van der Waals surface area contributed by atoms with Crippen LogP contribution < -0.4 is 0 Å². The number of hydrogen-bond donors (Lipinski definition) is 1. The van der Waals surface area contributed by atoms with Gasteiger partial charge in [0.25, 0.3) is 0 Å². The van der Waals surface area contributed by atoms with E-state index in [-0.39, 0.29) is 24.1 Å². The highest BCUT2D eigenvalue weighted by molar-refractivity contribution is 5.89. The molecule has 1 N–H and O–H groups in total. The standard InChI is InChI=1S/C15H20O4/c1-3-12(16)14-10(2)13(9-18-14)19-15(17)11-7-5-4-6-8-11/h4-8,10,12-14,16H,3,9H2,1-2H3/t10-,12-,13+,14+/m1/s1. The van der Waals surface area contributed by atoms with Gasteiger partial charge in [-0.15, -0.1) is 0 Å². The number of aliphatic hydroxyl groups is 1. The van der Waals surface area contributed by atoms with Gasteiger partial charge in [-0.2, -0.15) is 0 Å². The van der Waals surface area contributed by atoms with E-state index in [1.165, 1.54) is 0 Å². The molecule has 0 radical (unpaired) electrons. The highest BCUT2D eigenvalue weighted by atomic mass is 16.6. The minimum atomic E-state index is -0.504. The molecule has 19 heavy (non-hydrogen) atoms. The minimum Gasteiger partial charge on any atom is -0.456 e. The van der Waals surface area contributed by atoms with Crippen LogP contribution in [0.5, 0.6) is 0 Å².